The second kappa shape index (κ2) is 16.4. The smallest absolute Gasteiger partial charge is 0.490 e. The first-order valence-corrected chi connectivity index (χ1v) is 13.4. The number of aromatic nitrogens is 5. The van der Waals surface area contributed by atoms with Gasteiger partial charge in [0.25, 0.3) is 11.3 Å². The number of nitrogens with one attached hydrogen (secondary N) is 3. The van der Waals surface area contributed by atoms with Crippen molar-refractivity contribution in [2.24, 2.45) is 0 Å². The Morgan fingerprint density at radius 3 is 2.17 bits per heavy atom. The standard InChI is InChI=1S/C21H19Cl2F2N7O2.2C2HF3O2/c22-13-4-5-15-14(9-13)16(30-29-15)10-26-6-8-31-18(23)11-27-19(20(31)33)28-12-21(24,25)17-3-1-2-7-32(17)34;2*3-2(4,5)1(6)7/h1-5,7,9,11,26H,6,8,10,12H2,(H,27,28)(H,29,30);2*(H,6,7). The molecule has 0 atom stereocenters. The Kier molecular flexibility index (Phi) is 13.4. The molecule has 13 nitrogen and oxygen atoms in total. The van der Waals surface area contributed by atoms with Gasteiger partial charge in [-0.15, -0.1) is 0 Å². The molecule has 0 aliphatic heterocycles. The highest BCUT2D eigenvalue weighted by atomic mass is 35.5. The van der Waals surface area contributed by atoms with Crippen LogP contribution in [0.25, 0.3) is 10.9 Å². The lowest BCUT2D eigenvalue weighted by molar-refractivity contribution is -0.624. The monoisotopic (exact) mass is 737 g/mol. The number of benzene rings is 1. The van der Waals surface area contributed by atoms with Gasteiger partial charge in [-0.1, -0.05) is 23.2 Å². The third kappa shape index (κ3) is 11.5. The molecule has 5 N–H and O–H groups in total. The van der Waals surface area contributed by atoms with E-state index in [0.717, 1.165) is 28.9 Å². The van der Waals surface area contributed by atoms with E-state index in [-0.39, 0.29) is 22.2 Å². The molecule has 0 saturated heterocycles. The van der Waals surface area contributed by atoms with E-state index < -0.39 is 48.0 Å². The number of rotatable bonds is 9. The summed E-state index contributed by atoms with van der Waals surface area (Å²) in [7, 11) is 0. The molecule has 0 spiro atoms. The molecule has 1 aromatic carbocycles. The van der Waals surface area contributed by atoms with Crippen molar-refractivity contribution < 1.29 is 59.7 Å². The number of alkyl halides is 8. The van der Waals surface area contributed by atoms with Crippen molar-refractivity contribution in [3.63, 3.8) is 0 Å². The third-order valence-electron chi connectivity index (χ3n) is 5.58. The van der Waals surface area contributed by atoms with Crippen LogP contribution < -0.4 is 20.9 Å². The molecule has 4 rings (SSSR count). The quantitative estimate of drug-likeness (QED) is 0.0716. The zero-order valence-corrected chi connectivity index (χ0v) is 25.1. The van der Waals surface area contributed by atoms with E-state index in [1.807, 2.05) is 0 Å². The minimum atomic E-state index is -5.08. The van der Waals surface area contributed by atoms with Gasteiger partial charge in [-0.25, -0.2) is 14.6 Å². The first-order chi connectivity index (χ1) is 22.1. The van der Waals surface area contributed by atoms with Crippen LogP contribution in [-0.4, -0.2) is 67.3 Å². The molecule has 0 aliphatic carbocycles. The summed E-state index contributed by atoms with van der Waals surface area (Å²) in [6, 6.07) is 9.06. The third-order valence-corrected chi connectivity index (χ3v) is 6.11. The van der Waals surface area contributed by atoms with E-state index in [1.165, 1.54) is 22.9 Å². The van der Waals surface area contributed by atoms with E-state index in [4.69, 9.17) is 43.0 Å². The number of aliphatic carboxylic acids is 2. The molecule has 0 unspecified atom stereocenters. The largest absolute Gasteiger partial charge is 0.618 e. The molecule has 0 amide bonds. The number of nitrogens with zero attached hydrogens (tertiary/aromatic N) is 4. The fourth-order valence-electron chi connectivity index (χ4n) is 3.37. The average molecular weight is 738 g/mol. The van der Waals surface area contributed by atoms with E-state index in [9.17, 15) is 45.1 Å². The van der Waals surface area contributed by atoms with Crippen molar-refractivity contribution >= 4 is 51.9 Å². The van der Waals surface area contributed by atoms with Gasteiger partial charge in [0.2, 0.25) is 0 Å². The number of hydrogen-bond acceptors (Lipinski definition) is 8. The molecule has 0 aliphatic rings. The summed E-state index contributed by atoms with van der Waals surface area (Å²) in [4.78, 5) is 34.3. The SMILES string of the molecule is O=C(O)C(F)(F)F.O=C(O)C(F)(F)F.O=c1c(NCC(F)(F)c2cccc[n+]2[O-])ncc(Cl)n1CCNCc1[nH]nc2ccc(Cl)cc12. The Bertz CT molecular complexity index is 1760. The Labute approximate surface area is 272 Å². The second-order valence-corrected chi connectivity index (χ2v) is 9.83. The van der Waals surface area contributed by atoms with Crippen LogP contribution in [0.3, 0.4) is 0 Å². The van der Waals surface area contributed by atoms with E-state index in [2.05, 4.69) is 25.8 Å². The van der Waals surface area contributed by atoms with Crippen LogP contribution in [0.15, 0.2) is 53.6 Å². The number of aromatic amines is 1. The van der Waals surface area contributed by atoms with Gasteiger partial charge < -0.3 is 26.1 Å². The highest BCUT2D eigenvalue weighted by molar-refractivity contribution is 6.31. The first-order valence-electron chi connectivity index (χ1n) is 12.6. The number of H-pyrrole nitrogens is 1. The average Bonchev–Trinajstić information content (AvgIpc) is 3.38. The number of carboxylic acids is 2. The van der Waals surface area contributed by atoms with Crippen molar-refractivity contribution in [1.29, 1.82) is 0 Å². The van der Waals surface area contributed by atoms with Crippen LogP contribution in [-0.2, 0) is 28.6 Å². The topological polar surface area (TPSA) is 189 Å². The fraction of sp³-hybridized carbons (Fsp3) is 0.280. The highest BCUT2D eigenvalue weighted by Crippen LogP contribution is 2.25. The highest BCUT2D eigenvalue weighted by Gasteiger charge is 2.40. The maximum atomic E-state index is 14.5. The number of carboxylic acid groups (broad SMARTS) is 2. The molecule has 3 heterocycles. The lowest BCUT2D eigenvalue weighted by Crippen LogP contribution is -2.41. The van der Waals surface area contributed by atoms with Crippen molar-refractivity contribution in [1.82, 2.24) is 25.1 Å². The lowest BCUT2D eigenvalue weighted by atomic mass is 10.2. The second-order valence-electron chi connectivity index (χ2n) is 9.00. The summed E-state index contributed by atoms with van der Waals surface area (Å²) in [6.45, 7) is -0.0490. The number of fused-ring (bicyclic) bond motifs is 1. The molecule has 262 valence electrons. The number of halogens is 10. The van der Waals surface area contributed by atoms with E-state index in [0.29, 0.717) is 18.1 Å². The van der Waals surface area contributed by atoms with Gasteiger partial charge in [-0.3, -0.25) is 14.5 Å². The van der Waals surface area contributed by atoms with Crippen LogP contribution >= 0.6 is 23.2 Å². The Morgan fingerprint density at radius 2 is 1.60 bits per heavy atom. The van der Waals surface area contributed by atoms with Gasteiger partial charge >= 0.3 is 30.2 Å². The number of anilines is 1. The Morgan fingerprint density at radius 1 is 1.00 bits per heavy atom. The van der Waals surface area contributed by atoms with Gasteiger partial charge in [-0.2, -0.15) is 45.0 Å². The zero-order chi connectivity index (χ0) is 36.4. The van der Waals surface area contributed by atoms with Gasteiger partial charge in [0.05, 0.1) is 24.0 Å². The van der Waals surface area contributed by atoms with Crippen molar-refractivity contribution in [3.8, 4) is 0 Å². The first kappa shape index (κ1) is 39.4. The number of pyridine rings is 1. The summed E-state index contributed by atoms with van der Waals surface area (Å²) < 4.78 is 93.7. The molecular formula is C25H21Cl2F8N7O6. The Balaban J connectivity index is 0.000000479. The van der Waals surface area contributed by atoms with E-state index in [1.54, 1.807) is 18.2 Å². The summed E-state index contributed by atoms with van der Waals surface area (Å²) in [5, 5.41) is 40.1. The molecule has 4 aromatic rings. The van der Waals surface area contributed by atoms with Crippen LogP contribution in [0.5, 0.6) is 0 Å². The van der Waals surface area contributed by atoms with Gasteiger partial charge in [0.15, 0.2) is 12.0 Å². The molecule has 0 fully saturated rings. The predicted octanol–water partition coefficient (Wildman–Crippen LogP) is 4.32. The van der Waals surface area contributed by atoms with Crippen molar-refractivity contribution in [2.45, 2.75) is 31.4 Å². The summed E-state index contributed by atoms with van der Waals surface area (Å²) in [5.74, 6) is -9.34. The molecule has 23 heteroatoms. The summed E-state index contributed by atoms with van der Waals surface area (Å²) >= 11 is 12.1. The molecule has 0 saturated carbocycles. The van der Waals surface area contributed by atoms with Crippen LogP contribution in [0.2, 0.25) is 10.2 Å². The minimum absolute atomic E-state index is 0.0586. The summed E-state index contributed by atoms with van der Waals surface area (Å²) in [6.07, 6.45) is -7.99. The van der Waals surface area contributed by atoms with Gasteiger partial charge in [0.1, 0.15) is 5.15 Å². The van der Waals surface area contributed by atoms with Gasteiger partial charge in [-0.05, 0) is 24.3 Å². The lowest BCUT2D eigenvalue weighted by Gasteiger charge is -2.17. The summed E-state index contributed by atoms with van der Waals surface area (Å²) in [5.41, 5.74) is 0.201. The maximum absolute atomic E-state index is 14.5. The van der Waals surface area contributed by atoms with E-state index >= 15 is 0 Å². The molecule has 0 bridgehead atoms. The fourth-order valence-corrected chi connectivity index (χ4v) is 3.75. The van der Waals surface area contributed by atoms with Crippen molar-refractivity contribution in [3.05, 3.63) is 85.9 Å². The van der Waals surface area contributed by atoms with Crippen LogP contribution in [0.1, 0.15) is 11.4 Å². The van der Waals surface area contributed by atoms with Crippen LogP contribution in [0.4, 0.5) is 40.9 Å². The molecule has 3 aromatic heterocycles. The van der Waals surface area contributed by atoms with Gasteiger partial charge in [0, 0.05) is 42.2 Å². The number of hydrogen-bond donors (Lipinski definition) is 5. The maximum Gasteiger partial charge on any atom is 0.490 e. The molecule has 48 heavy (non-hydrogen) atoms. The minimum Gasteiger partial charge on any atom is -0.618 e. The van der Waals surface area contributed by atoms with Crippen molar-refractivity contribution in [2.75, 3.05) is 18.4 Å². The number of carbonyl (C=O) groups is 2. The Hall–Kier alpha value is -4.76. The van der Waals surface area contributed by atoms with Crippen LogP contribution in [0, 0.1) is 5.21 Å². The normalized spacial score (nSPS) is 11.6. The molecular weight excluding hydrogens is 717 g/mol. The predicted molar refractivity (Wildman–Crippen MR) is 151 cm³/mol. The zero-order valence-electron chi connectivity index (χ0n) is 23.5. The molecule has 0 radical (unpaired) electrons.